The number of aryl methyl sites for hydroxylation is 2. The van der Waals surface area contributed by atoms with Crippen LogP contribution in [0.1, 0.15) is 35.5 Å². The van der Waals surface area contributed by atoms with Crippen molar-refractivity contribution < 1.29 is 9.18 Å². The fourth-order valence-electron chi connectivity index (χ4n) is 0.943. The van der Waals surface area contributed by atoms with Gasteiger partial charge in [-0.15, -0.1) is 0 Å². The minimum atomic E-state index is -0.683. The van der Waals surface area contributed by atoms with E-state index in [1.165, 1.54) is 0 Å². The number of pyridine rings is 1. The Hall–Kier alpha value is -1.25. The van der Waals surface area contributed by atoms with Crippen LogP contribution in [0.4, 0.5) is 4.39 Å². The summed E-state index contributed by atoms with van der Waals surface area (Å²) in [6.07, 6.45) is 0.483. The lowest BCUT2D eigenvalue weighted by Gasteiger charge is -1.99. The monoisotopic (exact) mass is 183 g/mol. The first-order chi connectivity index (χ1) is 6.15. The molecule has 0 radical (unpaired) electrons. The summed E-state index contributed by atoms with van der Waals surface area (Å²) in [5.74, 6) is -0.683. The molecular formula is C10H14FNO. The van der Waals surface area contributed by atoms with E-state index in [-0.39, 0.29) is 5.56 Å². The lowest BCUT2D eigenvalue weighted by Crippen LogP contribution is -1.97. The molecule has 0 amide bonds. The zero-order valence-electron chi connectivity index (χ0n) is 8.39. The summed E-state index contributed by atoms with van der Waals surface area (Å²) in [6, 6.07) is 1.67. The van der Waals surface area contributed by atoms with E-state index in [1.807, 2.05) is 13.8 Å². The van der Waals surface area contributed by atoms with Gasteiger partial charge in [-0.05, 0) is 25.5 Å². The van der Waals surface area contributed by atoms with Crippen LogP contribution in [-0.4, -0.2) is 11.3 Å². The Morgan fingerprint density at radius 1 is 1.38 bits per heavy atom. The molecule has 0 aliphatic rings. The first kappa shape index (κ1) is 11.8. The second-order valence-corrected chi connectivity index (χ2v) is 2.40. The zero-order chi connectivity index (χ0) is 10.4. The van der Waals surface area contributed by atoms with Gasteiger partial charge < -0.3 is 0 Å². The van der Waals surface area contributed by atoms with Crippen molar-refractivity contribution in [1.82, 2.24) is 4.98 Å². The van der Waals surface area contributed by atoms with Gasteiger partial charge in [0.25, 0.3) is 0 Å². The number of carbonyl (C=O) groups excluding carboxylic acids is 1. The number of hydrogen-bond donors (Lipinski definition) is 0. The summed E-state index contributed by atoms with van der Waals surface area (Å²) < 4.78 is 12.8. The van der Waals surface area contributed by atoms with Crippen molar-refractivity contribution in [3.63, 3.8) is 0 Å². The summed E-state index contributed by atoms with van der Waals surface area (Å²) in [5.41, 5.74) is 1.27. The molecule has 0 N–H and O–H groups in total. The van der Waals surface area contributed by atoms with Gasteiger partial charge in [-0.25, -0.2) is 4.98 Å². The molecule has 0 unspecified atom stereocenters. The summed E-state index contributed by atoms with van der Waals surface area (Å²) in [4.78, 5) is 13.8. The number of halogens is 1. The van der Waals surface area contributed by atoms with E-state index in [0.29, 0.717) is 17.5 Å². The molecule has 1 rings (SSSR count). The fourth-order valence-corrected chi connectivity index (χ4v) is 0.943. The van der Waals surface area contributed by atoms with E-state index >= 15 is 0 Å². The van der Waals surface area contributed by atoms with E-state index in [0.717, 1.165) is 0 Å². The molecule has 1 aromatic rings. The van der Waals surface area contributed by atoms with Gasteiger partial charge in [-0.2, -0.15) is 4.39 Å². The SMILES string of the molecule is CC.Cc1cc(C)c(C=O)c(F)n1. The van der Waals surface area contributed by atoms with Crippen molar-refractivity contribution in [2.24, 2.45) is 0 Å². The molecule has 0 aliphatic carbocycles. The molecular weight excluding hydrogens is 169 g/mol. The molecule has 72 valence electrons. The minimum absolute atomic E-state index is 0.0515. The van der Waals surface area contributed by atoms with Crippen molar-refractivity contribution in [3.8, 4) is 0 Å². The highest BCUT2D eigenvalue weighted by molar-refractivity contribution is 5.76. The maximum Gasteiger partial charge on any atom is 0.223 e. The van der Waals surface area contributed by atoms with Crippen LogP contribution in [0.2, 0.25) is 0 Å². The minimum Gasteiger partial charge on any atom is -0.298 e. The number of aromatic nitrogens is 1. The second kappa shape index (κ2) is 5.41. The first-order valence-electron chi connectivity index (χ1n) is 4.24. The van der Waals surface area contributed by atoms with Gasteiger partial charge >= 0.3 is 0 Å². The van der Waals surface area contributed by atoms with Crippen LogP contribution in [0, 0.1) is 19.8 Å². The molecule has 0 saturated carbocycles. The Kier molecular flexibility index (Phi) is 4.89. The van der Waals surface area contributed by atoms with Gasteiger partial charge in [0.1, 0.15) is 0 Å². The van der Waals surface area contributed by atoms with Gasteiger partial charge in [-0.3, -0.25) is 4.79 Å². The molecule has 0 atom stereocenters. The molecule has 0 spiro atoms. The maximum atomic E-state index is 12.8. The fraction of sp³-hybridized carbons (Fsp3) is 0.400. The van der Waals surface area contributed by atoms with Gasteiger partial charge in [0.05, 0.1) is 5.56 Å². The molecule has 1 aromatic heterocycles. The van der Waals surface area contributed by atoms with Crippen molar-refractivity contribution >= 4 is 6.29 Å². The van der Waals surface area contributed by atoms with E-state index in [4.69, 9.17) is 0 Å². The molecule has 0 fully saturated rings. The van der Waals surface area contributed by atoms with Crippen LogP contribution in [0.3, 0.4) is 0 Å². The smallest absolute Gasteiger partial charge is 0.223 e. The highest BCUT2D eigenvalue weighted by Crippen LogP contribution is 2.09. The van der Waals surface area contributed by atoms with Crippen molar-refractivity contribution in [2.75, 3.05) is 0 Å². The van der Waals surface area contributed by atoms with Crippen LogP contribution >= 0.6 is 0 Å². The van der Waals surface area contributed by atoms with Crippen LogP contribution in [-0.2, 0) is 0 Å². The molecule has 2 nitrogen and oxygen atoms in total. The molecule has 13 heavy (non-hydrogen) atoms. The number of carbonyl (C=O) groups is 1. The topological polar surface area (TPSA) is 30.0 Å². The average molecular weight is 183 g/mol. The average Bonchev–Trinajstić information content (AvgIpc) is 2.07. The van der Waals surface area contributed by atoms with Gasteiger partial charge in [0.15, 0.2) is 6.29 Å². The lowest BCUT2D eigenvalue weighted by atomic mass is 10.1. The summed E-state index contributed by atoms with van der Waals surface area (Å²) in [7, 11) is 0. The number of aldehydes is 1. The summed E-state index contributed by atoms with van der Waals surface area (Å²) in [5, 5.41) is 0. The van der Waals surface area contributed by atoms with Crippen LogP contribution in [0.25, 0.3) is 0 Å². The Balaban J connectivity index is 0.000000671. The molecule has 3 heteroatoms. The molecule has 0 saturated heterocycles. The first-order valence-corrected chi connectivity index (χ1v) is 4.24. The third kappa shape index (κ3) is 2.93. The van der Waals surface area contributed by atoms with Gasteiger partial charge in [0.2, 0.25) is 5.95 Å². The Morgan fingerprint density at radius 2 is 1.92 bits per heavy atom. The van der Waals surface area contributed by atoms with E-state index in [2.05, 4.69) is 4.98 Å². The quantitative estimate of drug-likeness (QED) is 0.495. The van der Waals surface area contributed by atoms with Crippen LogP contribution < -0.4 is 0 Å². The highest BCUT2D eigenvalue weighted by Gasteiger charge is 2.05. The standard InChI is InChI=1S/C8H8FNO.C2H6/c1-5-3-6(2)10-8(9)7(5)4-11;1-2/h3-4H,1-2H3;1-2H3. The molecule has 0 bridgehead atoms. The number of rotatable bonds is 1. The third-order valence-electron chi connectivity index (χ3n) is 1.46. The van der Waals surface area contributed by atoms with Crippen LogP contribution in [0.5, 0.6) is 0 Å². The number of nitrogens with zero attached hydrogens (tertiary/aromatic N) is 1. The molecule has 0 aromatic carbocycles. The van der Waals surface area contributed by atoms with Gasteiger partial charge in [-0.1, -0.05) is 13.8 Å². The molecule has 0 aliphatic heterocycles. The van der Waals surface area contributed by atoms with Gasteiger partial charge in [0, 0.05) is 5.69 Å². The van der Waals surface area contributed by atoms with Crippen molar-refractivity contribution in [1.29, 1.82) is 0 Å². The van der Waals surface area contributed by atoms with Crippen LogP contribution in [0.15, 0.2) is 6.07 Å². The normalized spacial score (nSPS) is 8.69. The predicted octanol–water partition coefficient (Wildman–Crippen LogP) is 2.68. The number of hydrogen-bond acceptors (Lipinski definition) is 2. The van der Waals surface area contributed by atoms with E-state index in [1.54, 1.807) is 19.9 Å². The molecule has 1 heterocycles. The van der Waals surface area contributed by atoms with Crippen molar-refractivity contribution in [3.05, 3.63) is 28.8 Å². The Labute approximate surface area is 77.8 Å². The van der Waals surface area contributed by atoms with E-state index < -0.39 is 5.95 Å². The maximum absolute atomic E-state index is 12.8. The lowest BCUT2D eigenvalue weighted by molar-refractivity contribution is 0.111. The summed E-state index contributed by atoms with van der Waals surface area (Å²) in [6.45, 7) is 7.37. The highest BCUT2D eigenvalue weighted by atomic mass is 19.1. The zero-order valence-corrected chi connectivity index (χ0v) is 8.39. The third-order valence-corrected chi connectivity index (χ3v) is 1.46. The second-order valence-electron chi connectivity index (χ2n) is 2.40. The van der Waals surface area contributed by atoms with E-state index in [9.17, 15) is 9.18 Å². The predicted molar refractivity (Wildman–Crippen MR) is 50.4 cm³/mol. The summed E-state index contributed by atoms with van der Waals surface area (Å²) >= 11 is 0. The largest absolute Gasteiger partial charge is 0.298 e. The van der Waals surface area contributed by atoms with Crippen molar-refractivity contribution in [2.45, 2.75) is 27.7 Å². The Morgan fingerprint density at radius 3 is 2.31 bits per heavy atom. The Bertz CT molecular complexity index is 274.